The molecule has 16 heavy (non-hydrogen) atoms. The topological polar surface area (TPSA) is 94.1 Å². The number of nitrogens with one attached hydrogen (secondary N) is 1. The van der Waals surface area contributed by atoms with Crippen LogP contribution in [0.1, 0.15) is 5.76 Å². The van der Waals surface area contributed by atoms with Crippen LogP contribution in [0.15, 0.2) is 35.1 Å². The number of hydrogen-bond acceptors (Lipinski definition) is 6. The lowest BCUT2D eigenvalue weighted by atomic mass is 10.4. The molecule has 0 aliphatic heterocycles. The van der Waals surface area contributed by atoms with Crippen molar-refractivity contribution >= 4 is 11.5 Å². The molecule has 0 bridgehead atoms. The highest BCUT2D eigenvalue weighted by Gasteiger charge is 2.06. The molecule has 2 heterocycles. The van der Waals surface area contributed by atoms with E-state index < -0.39 is 4.92 Å². The van der Waals surface area contributed by atoms with Crippen LogP contribution < -0.4 is 5.32 Å². The fourth-order valence-electron chi connectivity index (χ4n) is 1.14. The second kappa shape index (κ2) is 4.39. The van der Waals surface area contributed by atoms with E-state index in [9.17, 15) is 10.1 Å². The summed E-state index contributed by atoms with van der Waals surface area (Å²) in [6.07, 6.45) is 2.90. The lowest BCUT2D eigenvalue weighted by Crippen LogP contribution is -2.00. The van der Waals surface area contributed by atoms with E-state index in [-0.39, 0.29) is 5.69 Å². The van der Waals surface area contributed by atoms with Gasteiger partial charge in [0.15, 0.2) is 5.76 Å². The minimum atomic E-state index is -0.471. The van der Waals surface area contributed by atoms with Crippen LogP contribution in [0.25, 0.3) is 0 Å². The Balaban J connectivity index is 2.04. The van der Waals surface area contributed by atoms with Crippen molar-refractivity contribution in [2.75, 3.05) is 5.32 Å². The minimum Gasteiger partial charge on any atom is -0.363 e. The Morgan fingerprint density at radius 1 is 1.44 bits per heavy atom. The zero-order chi connectivity index (χ0) is 11.4. The van der Waals surface area contributed by atoms with Gasteiger partial charge in [-0.05, 0) is 0 Å². The molecule has 1 N–H and O–H groups in total. The molecule has 2 aromatic heterocycles. The Bertz CT molecular complexity index is 483. The number of nitro groups is 1. The second-order valence-corrected chi connectivity index (χ2v) is 2.99. The fraction of sp³-hybridized carbons (Fsp3) is 0.111. The highest BCUT2D eigenvalue weighted by Crippen LogP contribution is 2.14. The van der Waals surface area contributed by atoms with Gasteiger partial charge in [0.05, 0.1) is 23.7 Å². The first-order chi connectivity index (χ1) is 7.75. The summed E-state index contributed by atoms with van der Waals surface area (Å²) in [5.41, 5.74) is -0.00456. The van der Waals surface area contributed by atoms with Gasteiger partial charge in [-0.3, -0.25) is 10.1 Å². The SMILES string of the molecule is O=[N+]([O-])c1ccnc(NCc2ccno2)c1. The van der Waals surface area contributed by atoms with E-state index >= 15 is 0 Å². The first-order valence-corrected chi connectivity index (χ1v) is 4.49. The van der Waals surface area contributed by atoms with E-state index in [1.807, 2.05) is 0 Å². The maximum absolute atomic E-state index is 10.5. The lowest BCUT2D eigenvalue weighted by Gasteiger charge is -2.01. The Hall–Kier alpha value is -2.44. The summed E-state index contributed by atoms with van der Waals surface area (Å²) in [4.78, 5) is 14.0. The first kappa shape index (κ1) is 10.1. The highest BCUT2D eigenvalue weighted by molar-refractivity contribution is 5.44. The molecule has 0 spiro atoms. The van der Waals surface area contributed by atoms with Crippen LogP contribution >= 0.6 is 0 Å². The third kappa shape index (κ3) is 2.32. The first-order valence-electron chi connectivity index (χ1n) is 4.49. The normalized spacial score (nSPS) is 10.0. The molecular weight excluding hydrogens is 212 g/mol. The molecule has 0 atom stereocenters. The summed E-state index contributed by atoms with van der Waals surface area (Å²) in [6, 6.07) is 4.39. The number of aromatic nitrogens is 2. The molecule has 0 saturated carbocycles. The second-order valence-electron chi connectivity index (χ2n) is 2.99. The van der Waals surface area contributed by atoms with Gasteiger partial charge in [-0.15, -0.1) is 0 Å². The Morgan fingerprint density at radius 3 is 3.00 bits per heavy atom. The molecule has 7 nitrogen and oxygen atoms in total. The van der Waals surface area contributed by atoms with E-state index in [1.165, 1.54) is 24.5 Å². The third-order valence-electron chi connectivity index (χ3n) is 1.89. The molecule has 0 aliphatic carbocycles. The Morgan fingerprint density at radius 2 is 2.31 bits per heavy atom. The largest absolute Gasteiger partial charge is 0.363 e. The molecule has 7 heteroatoms. The quantitative estimate of drug-likeness (QED) is 0.621. The summed E-state index contributed by atoms with van der Waals surface area (Å²) >= 11 is 0. The van der Waals surface area contributed by atoms with Crippen molar-refractivity contribution in [1.29, 1.82) is 0 Å². The highest BCUT2D eigenvalue weighted by atomic mass is 16.6. The molecule has 0 radical (unpaired) electrons. The van der Waals surface area contributed by atoms with Crippen molar-refractivity contribution in [3.05, 3.63) is 46.5 Å². The van der Waals surface area contributed by atoms with Crippen molar-refractivity contribution in [1.82, 2.24) is 10.1 Å². The van der Waals surface area contributed by atoms with Gasteiger partial charge in [0.1, 0.15) is 5.82 Å². The average Bonchev–Trinajstić information content (AvgIpc) is 2.79. The van der Waals surface area contributed by atoms with Gasteiger partial charge >= 0.3 is 0 Å². The summed E-state index contributed by atoms with van der Waals surface area (Å²) in [5, 5.41) is 16.9. The van der Waals surface area contributed by atoms with E-state index in [4.69, 9.17) is 4.52 Å². The number of rotatable bonds is 4. The fourth-order valence-corrected chi connectivity index (χ4v) is 1.14. The van der Waals surface area contributed by atoms with Crippen LogP contribution in [-0.4, -0.2) is 15.1 Å². The molecule has 0 unspecified atom stereocenters. The number of nitrogens with zero attached hydrogens (tertiary/aromatic N) is 3. The number of anilines is 1. The van der Waals surface area contributed by atoms with Crippen molar-refractivity contribution < 1.29 is 9.45 Å². The number of hydrogen-bond donors (Lipinski definition) is 1. The van der Waals surface area contributed by atoms with Gasteiger partial charge in [0.25, 0.3) is 5.69 Å². The summed E-state index contributed by atoms with van der Waals surface area (Å²) in [5.74, 6) is 1.05. The summed E-state index contributed by atoms with van der Waals surface area (Å²) in [7, 11) is 0. The van der Waals surface area contributed by atoms with E-state index in [2.05, 4.69) is 15.5 Å². The van der Waals surface area contributed by atoms with Gasteiger partial charge in [-0.2, -0.15) is 0 Å². The van der Waals surface area contributed by atoms with E-state index in [1.54, 1.807) is 6.07 Å². The van der Waals surface area contributed by atoms with Crippen LogP contribution in [0.5, 0.6) is 0 Å². The molecular formula is C9H8N4O3. The summed E-state index contributed by atoms with van der Waals surface area (Å²) in [6.45, 7) is 0.383. The maximum atomic E-state index is 10.5. The van der Waals surface area contributed by atoms with Gasteiger partial charge in [0.2, 0.25) is 0 Å². The molecule has 2 rings (SSSR count). The van der Waals surface area contributed by atoms with Crippen LogP contribution in [0.3, 0.4) is 0 Å². The van der Waals surface area contributed by atoms with Crippen molar-refractivity contribution in [2.24, 2.45) is 0 Å². The Kier molecular flexibility index (Phi) is 2.77. The van der Waals surface area contributed by atoms with Gasteiger partial charge < -0.3 is 9.84 Å². The molecule has 0 amide bonds. The van der Waals surface area contributed by atoms with Gasteiger partial charge in [-0.25, -0.2) is 4.98 Å². The van der Waals surface area contributed by atoms with Crippen molar-refractivity contribution in [2.45, 2.75) is 6.54 Å². The van der Waals surface area contributed by atoms with Crippen LogP contribution in [0, 0.1) is 10.1 Å². The van der Waals surface area contributed by atoms with Crippen molar-refractivity contribution in [3.63, 3.8) is 0 Å². The Labute approximate surface area is 90.2 Å². The molecule has 0 aromatic carbocycles. The maximum Gasteiger partial charge on any atom is 0.274 e. The monoisotopic (exact) mass is 220 g/mol. The molecule has 0 saturated heterocycles. The predicted octanol–water partition coefficient (Wildman–Crippen LogP) is 1.59. The van der Waals surface area contributed by atoms with Gasteiger partial charge in [0, 0.05) is 18.3 Å². The minimum absolute atomic E-state index is 0.00456. The predicted molar refractivity (Wildman–Crippen MR) is 54.7 cm³/mol. The van der Waals surface area contributed by atoms with Crippen LogP contribution in [0.2, 0.25) is 0 Å². The van der Waals surface area contributed by atoms with Crippen LogP contribution in [0.4, 0.5) is 11.5 Å². The van der Waals surface area contributed by atoms with E-state index in [0.29, 0.717) is 18.1 Å². The molecule has 0 fully saturated rings. The van der Waals surface area contributed by atoms with Gasteiger partial charge in [-0.1, -0.05) is 5.16 Å². The smallest absolute Gasteiger partial charge is 0.274 e. The third-order valence-corrected chi connectivity index (χ3v) is 1.89. The van der Waals surface area contributed by atoms with E-state index in [0.717, 1.165) is 0 Å². The standard InChI is InChI=1S/C9H8N4O3/c14-13(15)7-1-3-10-9(5-7)11-6-8-2-4-12-16-8/h1-5H,6H2,(H,10,11). The molecule has 2 aromatic rings. The number of pyridine rings is 1. The molecule has 82 valence electrons. The zero-order valence-corrected chi connectivity index (χ0v) is 8.16. The zero-order valence-electron chi connectivity index (χ0n) is 8.16. The van der Waals surface area contributed by atoms with Crippen molar-refractivity contribution in [3.8, 4) is 0 Å². The lowest BCUT2D eigenvalue weighted by molar-refractivity contribution is -0.384. The summed E-state index contributed by atoms with van der Waals surface area (Å²) < 4.78 is 4.86. The van der Waals surface area contributed by atoms with Crippen LogP contribution in [-0.2, 0) is 6.54 Å². The average molecular weight is 220 g/mol. The molecule has 0 aliphatic rings.